The average molecular weight is 235 g/mol. The van der Waals surface area contributed by atoms with E-state index < -0.39 is 0 Å². The molecule has 0 saturated heterocycles. The topological polar surface area (TPSA) is 12.0 Å². The van der Waals surface area contributed by atoms with Gasteiger partial charge in [-0.15, -0.1) is 11.8 Å². The van der Waals surface area contributed by atoms with Crippen LogP contribution in [0.15, 0.2) is 18.2 Å². The normalized spacial score (nSPS) is 22.9. The zero-order chi connectivity index (χ0) is 11.8. The first-order chi connectivity index (χ1) is 7.58. The van der Waals surface area contributed by atoms with Crippen molar-refractivity contribution in [1.29, 1.82) is 0 Å². The van der Waals surface area contributed by atoms with Crippen molar-refractivity contribution < 1.29 is 0 Å². The van der Waals surface area contributed by atoms with E-state index in [1.807, 2.05) is 11.8 Å². The summed E-state index contributed by atoms with van der Waals surface area (Å²) in [5.74, 6) is 1.14. The molecule has 0 saturated carbocycles. The molecule has 1 N–H and O–H groups in total. The fraction of sp³-hybridized carbons (Fsp3) is 0.571. The Labute approximate surface area is 103 Å². The Bertz CT molecular complexity index is 384. The molecule has 1 unspecified atom stereocenters. The quantitative estimate of drug-likeness (QED) is 0.841. The van der Waals surface area contributed by atoms with E-state index in [1.54, 1.807) is 0 Å². The highest BCUT2D eigenvalue weighted by atomic mass is 32.2. The predicted octanol–water partition coefficient (Wildman–Crippen LogP) is 3.53. The number of rotatable bonds is 2. The minimum atomic E-state index is 0.286. The van der Waals surface area contributed by atoms with Gasteiger partial charge in [-0.25, -0.2) is 0 Å². The van der Waals surface area contributed by atoms with Crippen LogP contribution in [0.25, 0.3) is 0 Å². The molecule has 0 radical (unpaired) electrons. The fourth-order valence-corrected chi connectivity index (χ4v) is 3.69. The maximum Gasteiger partial charge on any atom is 0.0464 e. The molecule has 2 rings (SSSR count). The van der Waals surface area contributed by atoms with Gasteiger partial charge in [0.2, 0.25) is 0 Å². The molecule has 1 aliphatic rings. The molecule has 1 aliphatic heterocycles. The van der Waals surface area contributed by atoms with Gasteiger partial charge in [-0.2, -0.15) is 0 Å². The molecular formula is C14H21NS. The number of thioether (sulfide) groups is 1. The lowest BCUT2D eigenvalue weighted by Crippen LogP contribution is -2.38. The van der Waals surface area contributed by atoms with Crippen LogP contribution in [-0.2, 0) is 12.2 Å². The van der Waals surface area contributed by atoms with Crippen LogP contribution in [0.1, 0.15) is 43.5 Å². The van der Waals surface area contributed by atoms with Gasteiger partial charge in [0.15, 0.2) is 0 Å². The van der Waals surface area contributed by atoms with Gasteiger partial charge in [0.25, 0.3) is 0 Å². The molecule has 1 atom stereocenters. The van der Waals surface area contributed by atoms with E-state index in [0.29, 0.717) is 6.04 Å². The summed E-state index contributed by atoms with van der Waals surface area (Å²) in [5.41, 5.74) is 4.45. The Morgan fingerprint density at radius 1 is 1.44 bits per heavy atom. The van der Waals surface area contributed by atoms with Crippen LogP contribution in [0.3, 0.4) is 0 Å². The Morgan fingerprint density at radius 2 is 2.19 bits per heavy atom. The van der Waals surface area contributed by atoms with Crippen molar-refractivity contribution >= 4 is 11.8 Å². The van der Waals surface area contributed by atoms with Gasteiger partial charge < -0.3 is 5.32 Å². The summed E-state index contributed by atoms with van der Waals surface area (Å²) in [7, 11) is 2.07. The number of hydrogen-bond acceptors (Lipinski definition) is 2. The third-order valence-corrected chi connectivity index (χ3v) is 4.95. The van der Waals surface area contributed by atoms with Crippen LogP contribution in [0, 0.1) is 0 Å². The van der Waals surface area contributed by atoms with Gasteiger partial charge in [-0.3, -0.25) is 0 Å². The lowest BCUT2D eigenvalue weighted by molar-refractivity contribution is 0.474. The van der Waals surface area contributed by atoms with Crippen molar-refractivity contribution in [2.75, 3.05) is 7.05 Å². The summed E-state index contributed by atoms with van der Waals surface area (Å²) in [6.45, 7) is 6.89. The standard InChI is InChI=1S/C14H21NS/c1-5-10-6-7-11-9-16-14(2,3)13(15-4)12(11)8-10/h6-8,13,15H,5,9H2,1-4H3. The number of hydrogen-bond donors (Lipinski definition) is 1. The molecular weight excluding hydrogens is 214 g/mol. The predicted molar refractivity (Wildman–Crippen MR) is 73.0 cm³/mol. The molecule has 2 heteroatoms. The summed E-state index contributed by atoms with van der Waals surface area (Å²) < 4.78 is 0.286. The lowest BCUT2D eigenvalue weighted by Gasteiger charge is -2.39. The monoisotopic (exact) mass is 235 g/mol. The van der Waals surface area contributed by atoms with Crippen LogP contribution in [0.4, 0.5) is 0 Å². The molecule has 0 fully saturated rings. The SMILES string of the molecule is CCc1ccc2c(c1)C(NC)C(C)(C)SC2. The average Bonchev–Trinajstić information content (AvgIpc) is 2.27. The molecule has 1 aromatic carbocycles. The minimum absolute atomic E-state index is 0.286. The number of nitrogens with one attached hydrogen (secondary N) is 1. The van der Waals surface area contributed by atoms with Crippen molar-refractivity contribution in [2.45, 2.75) is 43.7 Å². The van der Waals surface area contributed by atoms with Crippen LogP contribution >= 0.6 is 11.8 Å². The lowest BCUT2D eigenvalue weighted by atomic mass is 9.89. The highest BCUT2D eigenvalue weighted by molar-refractivity contribution is 8.00. The maximum absolute atomic E-state index is 3.48. The summed E-state index contributed by atoms with van der Waals surface area (Å²) in [6.07, 6.45) is 1.12. The molecule has 0 aromatic heterocycles. The molecule has 88 valence electrons. The van der Waals surface area contributed by atoms with E-state index in [4.69, 9.17) is 0 Å². The Kier molecular flexibility index (Phi) is 3.32. The molecule has 0 amide bonds. The molecule has 1 nitrogen and oxygen atoms in total. The van der Waals surface area contributed by atoms with Crippen LogP contribution in [0.5, 0.6) is 0 Å². The highest BCUT2D eigenvalue weighted by Crippen LogP contribution is 2.45. The third-order valence-electron chi connectivity index (χ3n) is 3.51. The van der Waals surface area contributed by atoms with E-state index >= 15 is 0 Å². The zero-order valence-electron chi connectivity index (χ0n) is 10.6. The summed E-state index contributed by atoms with van der Waals surface area (Å²) >= 11 is 2.05. The fourth-order valence-electron chi connectivity index (χ4n) is 2.49. The first kappa shape index (κ1) is 12.0. The highest BCUT2D eigenvalue weighted by Gasteiger charge is 2.35. The van der Waals surface area contributed by atoms with Gasteiger partial charge in [0, 0.05) is 16.5 Å². The van der Waals surface area contributed by atoms with Crippen molar-refractivity contribution in [3.8, 4) is 0 Å². The van der Waals surface area contributed by atoms with Crippen molar-refractivity contribution in [3.63, 3.8) is 0 Å². The second kappa shape index (κ2) is 4.42. The third kappa shape index (κ3) is 2.01. The molecule has 16 heavy (non-hydrogen) atoms. The molecule has 0 bridgehead atoms. The van der Waals surface area contributed by atoms with E-state index in [-0.39, 0.29) is 4.75 Å². The molecule has 0 spiro atoms. The largest absolute Gasteiger partial charge is 0.312 e. The Hall–Kier alpha value is -0.470. The van der Waals surface area contributed by atoms with Crippen molar-refractivity contribution in [2.24, 2.45) is 0 Å². The minimum Gasteiger partial charge on any atom is -0.312 e. The zero-order valence-corrected chi connectivity index (χ0v) is 11.4. The summed E-state index contributed by atoms with van der Waals surface area (Å²) in [4.78, 5) is 0. The Balaban J connectivity index is 2.46. The smallest absolute Gasteiger partial charge is 0.0464 e. The second-order valence-electron chi connectivity index (χ2n) is 5.00. The van der Waals surface area contributed by atoms with Gasteiger partial charge >= 0.3 is 0 Å². The van der Waals surface area contributed by atoms with E-state index in [0.717, 1.165) is 12.2 Å². The van der Waals surface area contributed by atoms with Crippen LogP contribution in [-0.4, -0.2) is 11.8 Å². The first-order valence-corrected chi connectivity index (χ1v) is 7.00. The first-order valence-electron chi connectivity index (χ1n) is 6.01. The summed E-state index contributed by atoms with van der Waals surface area (Å²) in [5, 5.41) is 3.48. The van der Waals surface area contributed by atoms with E-state index in [9.17, 15) is 0 Å². The number of fused-ring (bicyclic) bond motifs is 1. The molecule has 1 aromatic rings. The van der Waals surface area contributed by atoms with E-state index in [1.165, 1.54) is 16.7 Å². The molecule has 1 heterocycles. The number of benzene rings is 1. The van der Waals surface area contributed by atoms with Gasteiger partial charge in [-0.1, -0.05) is 25.1 Å². The second-order valence-corrected chi connectivity index (χ2v) is 6.63. The maximum atomic E-state index is 3.48. The van der Waals surface area contributed by atoms with Gasteiger partial charge in [0.05, 0.1) is 0 Å². The van der Waals surface area contributed by atoms with Gasteiger partial charge in [0.1, 0.15) is 0 Å². The van der Waals surface area contributed by atoms with Crippen molar-refractivity contribution in [3.05, 3.63) is 34.9 Å². The van der Waals surface area contributed by atoms with Gasteiger partial charge in [-0.05, 0) is 44.0 Å². The van der Waals surface area contributed by atoms with Crippen LogP contribution in [0.2, 0.25) is 0 Å². The Morgan fingerprint density at radius 3 is 2.81 bits per heavy atom. The molecule has 0 aliphatic carbocycles. The van der Waals surface area contributed by atoms with E-state index in [2.05, 4.69) is 51.3 Å². The van der Waals surface area contributed by atoms with Crippen LogP contribution < -0.4 is 5.32 Å². The van der Waals surface area contributed by atoms with Crippen molar-refractivity contribution in [1.82, 2.24) is 5.32 Å². The summed E-state index contributed by atoms with van der Waals surface area (Å²) in [6, 6.07) is 7.43. The number of aryl methyl sites for hydroxylation is 1.